The molecule has 0 bridgehead atoms. The van der Waals surface area contributed by atoms with Crippen molar-refractivity contribution >= 4 is 23.4 Å². The molecular weight excluding hydrogens is 348 g/mol. The fourth-order valence-corrected chi connectivity index (χ4v) is 2.48. The zero-order chi connectivity index (χ0) is 18.4. The van der Waals surface area contributed by atoms with Gasteiger partial charge in [0.05, 0.1) is 26.4 Å². The van der Waals surface area contributed by atoms with Gasteiger partial charge in [0.1, 0.15) is 5.56 Å². The van der Waals surface area contributed by atoms with Crippen LogP contribution in [0.1, 0.15) is 20.7 Å². The molecule has 25 heavy (non-hydrogen) atoms. The molecule has 0 unspecified atom stereocenters. The maximum Gasteiger partial charge on any atom is 0.342 e. The van der Waals surface area contributed by atoms with Crippen LogP contribution < -0.4 is 14.2 Å². The van der Waals surface area contributed by atoms with E-state index in [1.807, 2.05) is 0 Å². The number of methoxy groups -OCH3 is 3. The van der Waals surface area contributed by atoms with Crippen molar-refractivity contribution in [3.63, 3.8) is 0 Å². The predicted octanol–water partition coefficient (Wildman–Crippen LogP) is 3.41. The topological polar surface area (TPSA) is 71.1 Å². The molecule has 0 saturated heterocycles. The second kappa shape index (κ2) is 8.39. The molecule has 6 nitrogen and oxygen atoms in total. The summed E-state index contributed by atoms with van der Waals surface area (Å²) in [6.45, 7) is -0.444. The minimum atomic E-state index is -0.724. The first-order chi connectivity index (χ1) is 12.0. The minimum Gasteiger partial charge on any atom is -0.493 e. The summed E-state index contributed by atoms with van der Waals surface area (Å²) < 4.78 is 20.7. The van der Waals surface area contributed by atoms with Crippen molar-refractivity contribution in [3.8, 4) is 17.2 Å². The van der Waals surface area contributed by atoms with Gasteiger partial charge in [0.2, 0.25) is 11.5 Å². The van der Waals surface area contributed by atoms with E-state index in [2.05, 4.69) is 0 Å². The zero-order valence-corrected chi connectivity index (χ0v) is 14.8. The van der Waals surface area contributed by atoms with E-state index >= 15 is 0 Å². The van der Waals surface area contributed by atoms with Crippen molar-refractivity contribution in [1.82, 2.24) is 0 Å². The number of esters is 1. The van der Waals surface area contributed by atoms with E-state index in [1.54, 1.807) is 30.3 Å². The average Bonchev–Trinajstić information content (AvgIpc) is 2.64. The Bertz CT molecular complexity index is 787. The minimum absolute atomic E-state index is 0.118. The number of rotatable bonds is 7. The van der Waals surface area contributed by atoms with Gasteiger partial charge in [-0.3, -0.25) is 4.79 Å². The third-order valence-electron chi connectivity index (χ3n) is 3.43. The highest BCUT2D eigenvalue weighted by Gasteiger charge is 2.22. The van der Waals surface area contributed by atoms with Crippen LogP contribution in [-0.2, 0) is 4.74 Å². The lowest BCUT2D eigenvalue weighted by molar-refractivity contribution is 0.0471. The second-order valence-electron chi connectivity index (χ2n) is 4.86. The number of ketones is 1. The van der Waals surface area contributed by atoms with Crippen LogP contribution in [0.3, 0.4) is 0 Å². The predicted molar refractivity (Wildman–Crippen MR) is 92.2 cm³/mol. The number of halogens is 1. The van der Waals surface area contributed by atoms with Gasteiger partial charge < -0.3 is 18.9 Å². The van der Waals surface area contributed by atoms with E-state index in [9.17, 15) is 9.59 Å². The Morgan fingerprint density at radius 2 is 1.56 bits per heavy atom. The summed E-state index contributed by atoms with van der Waals surface area (Å²) in [5.41, 5.74) is 0.406. The normalized spacial score (nSPS) is 10.1. The number of ether oxygens (including phenoxy) is 4. The first kappa shape index (κ1) is 18.6. The molecule has 0 radical (unpaired) electrons. The number of carbonyl (C=O) groups excluding carboxylic acids is 2. The number of carbonyl (C=O) groups is 2. The van der Waals surface area contributed by atoms with Crippen LogP contribution in [-0.4, -0.2) is 39.7 Å². The van der Waals surface area contributed by atoms with Gasteiger partial charge in [-0.2, -0.15) is 0 Å². The first-order valence-electron chi connectivity index (χ1n) is 7.27. The molecular formula is C18H17ClO6. The summed E-state index contributed by atoms with van der Waals surface area (Å²) >= 11 is 5.96. The van der Waals surface area contributed by atoms with Crippen molar-refractivity contribution in [2.75, 3.05) is 27.9 Å². The SMILES string of the molecule is COc1ccc(C(=O)OCC(=O)c2ccccc2Cl)c(OC)c1OC. The quantitative estimate of drug-likeness (QED) is 0.554. The summed E-state index contributed by atoms with van der Waals surface area (Å²) in [5.74, 6) is -0.298. The first-order valence-corrected chi connectivity index (χ1v) is 7.65. The van der Waals surface area contributed by atoms with E-state index in [4.69, 9.17) is 30.5 Å². The molecule has 0 aromatic heterocycles. The Balaban J connectivity index is 2.19. The molecule has 132 valence electrons. The van der Waals surface area contributed by atoms with Crippen LogP contribution in [0.4, 0.5) is 0 Å². The molecule has 0 aliphatic rings. The van der Waals surface area contributed by atoms with Gasteiger partial charge in [-0.05, 0) is 24.3 Å². The molecule has 0 aliphatic heterocycles. The highest BCUT2D eigenvalue weighted by molar-refractivity contribution is 6.34. The molecule has 0 aliphatic carbocycles. The molecule has 0 heterocycles. The molecule has 0 N–H and O–H groups in total. The average molecular weight is 365 g/mol. The fourth-order valence-electron chi connectivity index (χ4n) is 2.24. The third kappa shape index (κ3) is 4.03. The van der Waals surface area contributed by atoms with Crippen LogP contribution in [0.5, 0.6) is 17.2 Å². The van der Waals surface area contributed by atoms with Crippen LogP contribution in [0.15, 0.2) is 36.4 Å². The maximum absolute atomic E-state index is 12.3. The summed E-state index contributed by atoms with van der Waals surface area (Å²) in [6.07, 6.45) is 0. The highest BCUT2D eigenvalue weighted by atomic mass is 35.5. The van der Waals surface area contributed by atoms with Crippen molar-refractivity contribution in [1.29, 1.82) is 0 Å². The Labute approximate surface area is 150 Å². The molecule has 0 saturated carbocycles. The molecule has 7 heteroatoms. The van der Waals surface area contributed by atoms with Crippen molar-refractivity contribution in [3.05, 3.63) is 52.5 Å². The number of hydrogen-bond acceptors (Lipinski definition) is 6. The lowest BCUT2D eigenvalue weighted by Gasteiger charge is -2.15. The molecule has 0 amide bonds. The number of Topliss-reactive ketones (excluding diaryl/α,β-unsaturated/α-hetero) is 1. The Morgan fingerprint density at radius 3 is 2.16 bits per heavy atom. The van der Waals surface area contributed by atoms with E-state index < -0.39 is 18.4 Å². The largest absolute Gasteiger partial charge is 0.493 e. The molecule has 0 fully saturated rings. The van der Waals surface area contributed by atoms with Crippen LogP contribution in [0.25, 0.3) is 0 Å². The Kier molecular flexibility index (Phi) is 6.25. The van der Waals surface area contributed by atoms with Gasteiger partial charge in [-0.1, -0.05) is 23.7 Å². The monoisotopic (exact) mass is 364 g/mol. The van der Waals surface area contributed by atoms with Crippen molar-refractivity contribution in [2.24, 2.45) is 0 Å². The second-order valence-corrected chi connectivity index (χ2v) is 5.27. The van der Waals surface area contributed by atoms with E-state index in [-0.39, 0.29) is 22.6 Å². The van der Waals surface area contributed by atoms with Gasteiger partial charge in [0, 0.05) is 5.56 Å². The van der Waals surface area contributed by atoms with E-state index in [0.29, 0.717) is 10.8 Å². The highest BCUT2D eigenvalue weighted by Crippen LogP contribution is 2.39. The van der Waals surface area contributed by atoms with Crippen LogP contribution in [0, 0.1) is 0 Å². The Hall–Kier alpha value is -2.73. The smallest absolute Gasteiger partial charge is 0.342 e. The summed E-state index contributed by atoms with van der Waals surface area (Å²) in [4.78, 5) is 24.5. The van der Waals surface area contributed by atoms with Crippen molar-refractivity contribution < 1.29 is 28.5 Å². The van der Waals surface area contributed by atoms with Gasteiger partial charge >= 0.3 is 5.97 Å². The van der Waals surface area contributed by atoms with E-state index in [1.165, 1.54) is 27.4 Å². The number of benzene rings is 2. The van der Waals surface area contributed by atoms with Gasteiger partial charge in [0.15, 0.2) is 18.1 Å². The summed E-state index contributed by atoms with van der Waals surface area (Å²) in [6, 6.07) is 9.57. The van der Waals surface area contributed by atoms with Crippen LogP contribution in [0.2, 0.25) is 5.02 Å². The molecule has 2 rings (SSSR count). The van der Waals surface area contributed by atoms with Gasteiger partial charge in [-0.15, -0.1) is 0 Å². The van der Waals surface area contributed by atoms with Gasteiger partial charge in [0.25, 0.3) is 0 Å². The third-order valence-corrected chi connectivity index (χ3v) is 3.76. The molecule has 2 aromatic carbocycles. The summed E-state index contributed by atoms with van der Waals surface area (Å²) in [7, 11) is 4.29. The van der Waals surface area contributed by atoms with Crippen molar-refractivity contribution in [2.45, 2.75) is 0 Å². The number of hydrogen-bond donors (Lipinski definition) is 0. The Morgan fingerprint density at radius 1 is 0.880 bits per heavy atom. The lowest BCUT2D eigenvalue weighted by Crippen LogP contribution is -2.15. The standard InChI is InChI=1S/C18H17ClO6/c1-22-15-9-8-12(16(23-2)17(15)24-3)18(21)25-10-14(20)11-6-4-5-7-13(11)19/h4-9H,10H2,1-3H3. The molecule has 0 atom stereocenters. The fraction of sp³-hybridized carbons (Fsp3) is 0.222. The zero-order valence-electron chi connectivity index (χ0n) is 14.0. The summed E-state index contributed by atoms with van der Waals surface area (Å²) in [5, 5.41) is 0.298. The molecule has 2 aromatic rings. The lowest BCUT2D eigenvalue weighted by atomic mass is 10.1. The molecule has 0 spiro atoms. The maximum atomic E-state index is 12.3. The van der Waals surface area contributed by atoms with Crippen LogP contribution >= 0.6 is 11.6 Å². The van der Waals surface area contributed by atoms with E-state index in [0.717, 1.165) is 0 Å². The van der Waals surface area contributed by atoms with Gasteiger partial charge in [-0.25, -0.2) is 4.79 Å².